The third-order valence-electron chi connectivity index (χ3n) is 7.00. The van der Waals surface area contributed by atoms with E-state index < -0.39 is 5.60 Å². The summed E-state index contributed by atoms with van der Waals surface area (Å²) in [7, 11) is 0. The molecule has 0 aliphatic carbocycles. The maximum Gasteiger partial charge on any atom is 0.340 e. The van der Waals surface area contributed by atoms with Gasteiger partial charge in [-0.2, -0.15) is 0 Å². The van der Waals surface area contributed by atoms with E-state index in [0.29, 0.717) is 5.56 Å². The summed E-state index contributed by atoms with van der Waals surface area (Å²) in [6.07, 6.45) is 2.15. The van der Waals surface area contributed by atoms with Crippen molar-refractivity contribution in [1.29, 1.82) is 0 Å². The van der Waals surface area contributed by atoms with Gasteiger partial charge in [0.25, 0.3) is 0 Å². The molecule has 0 bridgehead atoms. The van der Waals surface area contributed by atoms with Gasteiger partial charge in [-0.1, -0.05) is 56.3 Å². The number of aryl methyl sites for hydroxylation is 1. The molecule has 3 rings (SSSR count). The zero-order valence-corrected chi connectivity index (χ0v) is 21.7. The summed E-state index contributed by atoms with van der Waals surface area (Å²) in [4.78, 5) is 15.3. The first-order chi connectivity index (χ1) is 16.1. The summed E-state index contributed by atoms with van der Waals surface area (Å²) < 4.78 is 6.34. The van der Waals surface area contributed by atoms with E-state index >= 15 is 0 Å². The largest absolute Gasteiger partial charge is 0.441 e. The lowest BCUT2D eigenvalue weighted by molar-refractivity contribution is 0.0214. The third-order valence-corrected chi connectivity index (χ3v) is 7.00. The van der Waals surface area contributed by atoms with E-state index in [9.17, 15) is 4.79 Å². The lowest BCUT2D eigenvalue weighted by Gasteiger charge is -2.37. The molecule has 4 heteroatoms. The van der Waals surface area contributed by atoms with Crippen molar-refractivity contribution in [3.8, 4) is 0 Å². The van der Waals surface area contributed by atoms with Crippen molar-refractivity contribution >= 4 is 11.7 Å². The van der Waals surface area contributed by atoms with Crippen LogP contribution in [0.25, 0.3) is 0 Å². The lowest BCUT2D eigenvalue weighted by atomic mass is 9.78. The van der Waals surface area contributed by atoms with Crippen molar-refractivity contribution in [3.05, 3.63) is 100 Å². The number of hydrogen-bond acceptors (Lipinski definition) is 4. The van der Waals surface area contributed by atoms with Gasteiger partial charge in [-0.3, -0.25) is 0 Å². The fraction of sp³-hybridized carbons (Fsp3) is 0.367. The SMILES string of the molecule is C=C(C)N(CCCC)/C(C)=C(\C)C1(/C(C)=C(\C)Nc2ccccc2C)OC(=O)c2ccccc21. The van der Waals surface area contributed by atoms with Crippen molar-refractivity contribution in [2.45, 2.75) is 66.9 Å². The van der Waals surface area contributed by atoms with Crippen LogP contribution in [0.5, 0.6) is 0 Å². The molecule has 1 atom stereocenters. The fourth-order valence-electron chi connectivity index (χ4n) is 4.75. The van der Waals surface area contributed by atoms with Crippen LogP contribution in [0.1, 0.15) is 75.9 Å². The number of nitrogens with zero attached hydrogens (tertiary/aromatic N) is 1. The Kier molecular flexibility index (Phi) is 7.71. The van der Waals surface area contributed by atoms with Crippen LogP contribution < -0.4 is 5.32 Å². The number of rotatable bonds is 9. The molecule has 0 spiro atoms. The molecule has 0 radical (unpaired) electrons. The van der Waals surface area contributed by atoms with E-state index in [0.717, 1.165) is 64.4 Å². The summed E-state index contributed by atoms with van der Waals surface area (Å²) in [6.45, 7) is 19.7. The number of unbranched alkanes of at least 4 members (excludes halogenated alkanes) is 1. The van der Waals surface area contributed by atoms with Gasteiger partial charge in [-0.25, -0.2) is 4.79 Å². The molecular weight excluding hydrogens is 420 g/mol. The molecule has 0 amide bonds. The predicted octanol–water partition coefficient (Wildman–Crippen LogP) is 7.70. The molecule has 4 nitrogen and oxygen atoms in total. The van der Waals surface area contributed by atoms with Crippen molar-refractivity contribution in [2.24, 2.45) is 0 Å². The molecule has 0 aromatic heterocycles. The van der Waals surface area contributed by atoms with Crippen LogP contribution in [0.4, 0.5) is 5.69 Å². The van der Waals surface area contributed by atoms with E-state index in [2.05, 4.69) is 70.5 Å². The number of carbonyl (C=O) groups is 1. The highest BCUT2D eigenvalue weighted by Gasteiger charge is 2.50. The highest BCUT2D eigenvalue weighted by Crippen LogP contribution is 2.49. The number of cyclic esters (lactones) is 1. The summed E-state index contributed by atoms with van der Waals surface area (Å²) in [5.41, 5.74) is 7.67. The van der Waals surface area contributed by atoms with Gasteiger partial charge >= 0.3 is 5.97 Å². The molecule has 1 aliphatic heterocycles. The van der Waals surface area contributed by atoms with Gasteiger partial charge in [-0.15, -0.1) is 0 Å². The van der Waals surface area contributed by atoms with Crippen LogP contribution in [-0.4, -0.2) is 17.4 Å². The van der Waals surface area contributed by atoms with Crippen LogP contribution >= 0.6 is 0 Å². The van der Waals surface area contributed by atoms with E-state index in [-0.39, 0.29) is 5.97 Å². The number of para-hydroxylation sites is 1. The number of benzene rings is 2. The second-order valence-corrected chi connectivity index (χ2v) is 9.26. The first-order valence-electron chi connectivity index (χ1n) is 12.1. The number of allylic oxidation sites excluding steroid dienone is 3. The molecule has 2 aromatic carbocycles. The van der Waals surface area contributed by atoms with Crippen molar-refractivity contribution in [2.75, 3.05) is 11.9 Å². The van der Waals surface area contributed by atoms with E-state index in [1.807, 2.05) is 43.3 Å². The highest BCUT2D eigenvalue weighted by molar-refractivity contribution is 5.96. The van der Waals surface area contributed by atoms with Crippen molar-refractivity contribution in [1.82, 2.24) is 4.90 Å². The maximum atomic E-state index is 13.1. The first-order valence-corrected chi connectivity index (χ1v) is 12.1. The van der Waals surface area contributed by atoms with Crippen molar-refractivity contribution in [3.63, 3.8) is 0 Å². The summed E-state index contributed by atoms with van der Waals surface area (Å²) in [6, 6.07) is 15.9. The Balaban J connectivity index is 2.24. The maximum absolute atomic E-state index is 13.1. The molecule has 0 fully saturated rings. The van der Waals surface area contributed by atoms with Crippen LogP contribution in [0.15, 0.2) is 83.3 Å². The monoisotopic (exact) mass is 458 g/mol. The number of fused-ring (bicyclic) bond motifs is 1. The Bertz CT molecular complexity index is 1160. The second-order valence-electron chi connectivity index (χ2n) is 9.26. The number of ether oxygens (including phenoxy) is 1. The van der Waals surface area contributed by atoms with Gasteiger partial charge in [0.15, 0.2) is 5.60 Å². The molecular formula is C30H38N2O2. The average Bonchev–Trinajstić information content (AvgIpc) is 3.13. The highest BCUT2D eigenvalue weighted by atomic mass is 16.6. The number of hydrogen-bond donors (Lipinski definition) is 1. The van der Waals surface area contributed by atoms with Crippen molar-refractivity contribution < 1.29 is 9.53 Å². The minimum absolute atomic E-state index is 0.291. The molecule has 0 saturated heterocycles. The lowest BCUT2D eigenvalue weighted by Crippen LogP contribution is -2.34. The van der Waals surface area contributed by atoms with E-state index in [1.54, 1.807) is 0 Å². The van der Waals surface area contributed by atoms with Crippen LogP contribution in [-0.2, 0) is 10.3 Å². The molecule has 0 saturated carbocycles. The third kappa shape index (κ3) is 4.54. The Hall–Kier alpha value is -3.27. The first kappa shape index (κ1) is 25.4. The topological polar surface area (TPSA) is 41.6 Å². The normalized spacial score (nSPS) is 18.5. The molecule has 1 aliphatic rings. The number of esters is 1. The quantitative estimate of drug-likeness (QED) is 0.391. The summed E-state index contributed by atoms with van der Waals surface area (Å²) in [5, 5.41) is 3.57. The molecule has 2 aromatic rings. The Morgan fingerprint density at radius 1 is 1.00 bits per heavy atom. The minimum Gasteiger partial charge on any atom is -0.441 e. The number of carbonyl (C=O) groups excluding carboxylic acids is 1. The van der Waals surface area contributed by atoms with Gasteiger partial charge in [0.05, 0.1) is 5.56 Å². The van der Waals surface area contributed by atoms with E-state index in [4.69, 9.17) is 4.74 Å². The van der Waals surface area contributed by atoms with Crippen LogP contribution in [0, 0.1) is 6.92 Å². The minimum atomic E-state index is -0.989. The second kappa shape index (κ2) is 10.3. The van der Waals surface area contributed by atoms with Crippen LogP contribution in [0.2, 0.25) is 0 Å². The Morgan fingerprint density at radius 2 is 1.65 bits per heavy atom. The predicted molar refractivity (Wildman–Crippen MR) is 142 cm³/mol. The standard InChI is InChI=1S/C30H38N2O2/c1-9-10-19-32(20(2)3)25(8)23(6)30(27-17-13-12-16-26(27)29(33)34-30)22(5)24(7)31-28-18-14-11-15-21(28)4/h11-18,31H,2,9-10,19H2,1,3-8H3/b24-22+,25-23+. The van der Waals surface area contributed by atoms with E-state index in [1.165, 1.54) is 0 Å². The molecule has 1 unspecified atom stereocenters. The van der Waals surface area contributed by atoms with Gasteiger partial charge in [0.2, 0.25) is 0 Å². The summed E-state index contributed by atoms with van der Waals surface area (Å²) in [5.74, 6) is -0.291. The zero-order valence-electron chi connectivity index (χ0n) is 21.7. The molecule has 34 heavy (non-hydrogen) atoms. The molecule has 1 N–H and O–H groups in total. The fourth-order valence-corrected chi connectivity index (χ4v) is 4.75. The Morgan fingerprint density at radius 3 is 2.29 bits per heavy atom. The van der Waals surface area contributed by atoms with Crippen LogP contribution in [0.3, 0.4) is 0 Å². The smallest absolute Gasteiger partial charge is 0.340 e. The number of anilines is 1. The van der Waals surface area contributed by atoms with Gasteiger partial charge < -0.3 is 15.0 Å². The Labute approximate surface area is 205 Å². The average molecular weight is 459 g/mol. The van der Waals surface area contributed by atoms with Gasteiger partial charge in [0, 0.05) is 34.9 Å². The van der Waals surface area contributed by atoms with Gasteiger partial charge in [-0.05, 0) is 76.8 Å². The van der Waals surface area contributed by atoms with Gasteiger partial charge in [0.1, 0.15) is 0 Å². The zero-order chi connectivity index (χ0) is 25.0. The summed E-state index contributed by atoms with van der Waals surface area (Å²) >= 11 is 0. The number of nitrogens with one attached hydrogen (secondary N) is 1. The molecule has 180 valence electrons. The molecule has 1 heterocycles.